The van der Waals surface area contributed by atoms with E-state index in [0.29, 0.717) is 5.71 Å². The Hall–Kier alpha value is -2.27. The summed E-state index contributed by atoms with van der Waals surface area (Å²) in [7, 11) is 0. The normalized spacial score (nSPS) is 16.1. The Morgan fingerprint density at radius 2 is 2.11 bits per heavy atom. The molecule has 1 aliphatic rings. The van der Waals surface area contributed by atoms with Gasteiger partial charge >= 0.3 is 0 Å². The van der Waals surface area contributed by atoms with Gasteiger partial charge in [0.15, 0.2) is 5.71 Å². The fraction of sp³-hybridized carbons (Fsp3) is 0.0714. The zero-order chi connectivity index (χ0) is 13.2. The molecule has 94 valence electrons. The highest BCUT2D eigenvalue weighted by atomic mass is 32.1. The molecule has 2 aromatic rings. The van der Waals surface area contributed by atoms with Gasteiger partial charge in [0, 0.05) is 5.56 Å². The molecular weight excluding hydrogens is 258 g/mol. The standard InChI is InChI=1S/C14H11N3OS/c1-9-6-7-19-12(9)8-15-17-13-10-4-2-3-5-11(10)16-14(13)18/h2-8H,1H3,(H,16,17,18)/b15-8-. The van der Waals surface area contributed by atoms with E-state index in [4.69, 9.17) is 0 Å². The number of carbonyl (C=O) groups excluding carboxylic acids is 1. The molecular formula is C14H11N3OS. The Morgan fingerprint density at radius 1 is 1.26 bits per heavy atom. The molecule has 4 nitrogen and oxygen atoms in total. The maximum atomic E-state index is 11.8. The SMILES string of the molecule is Cc1ccsc1/C=N\N=C1/C(=O)Nc2ccccc21. The van der Waals surface area contributed by atoms with Crippen molar-refractivity contribution in [2.24, 2.45) is 10.2 Å². The van der Waals surface area contributed by atoms with Gasteiger partial charge in [-0.1, -0.05) is 18.2 Å². The van der Waals surface area contributed by atoms with Crippen molar-refractivity contribution in [2.45, 2.75) is 6.92 Å². The summed E-state index contributed by atoms with van der Waals surface area (Å²) < 4.78 is 0. The monoisotopic (exact) mass is 269 g/mol. The molecule has 0 spiro atoms. The smallest absolute Gasteiger partial charge is 0.276 e. The maximum absolute atomic E-state index is 11.8. The van der Waals surface area contributed by atoms with Gasteiger partial charge in [-0.15, -0.1) is 16.4 Å². The predicted octanol–water partition coefficient (Wildman–Crippen LogP) is 2.83. The minimum atomic E-state index is -0.207. The van der Waals surface area contributed by atoms with Gasteiger partial charge in [0.2, 0.25) is 0 Å². The molecule has 1 aliphatic heterocycles. The molecule has 1 N–H and O–H groups in total. The lowest BCUT2D eigenvalue weighted by molar-refractivity contribution is -0.110. The molecule has 0 bridgehead atoms. The van der Waals surface area contributed by atoms with Crippen molar-refractivity contribution in [1.82, 2.24) is 0 Å². The Balaban J connectivity index is 1.90. The Morgan fingerprint density at radius 3 is 2.89 bits per heavy atom. The first kappa shape index (κ1) is 11.8. The fourth-order valence-electron chi connectivity index (χ4n) is 1.86. The molecule has 0 saturated heterocycles. The molecule has 0 fully saturated rings. The van der Waals surface area contributed by atoms with Crippen molar-refractivity contribution in [2.75, 3.05) is 5.32 Å². The molecule has 5 heteroatoms. The zero-order valence-corrected chi connectivity index (χ0v) is 11.1. The number of hydrogen-bond acceptors (Lipinski definition) is 4. The number of fused-ring (bicyclic) bond motifs is 1. The number of nitrogens with zero attached hydrogens (tertiary/aromatic N) is 2. The number of benzene rings is 1. The first-order chi connectivity index (χ1) is 9.25. The Labute approximate surface area is 114 Å². The molecule has 0 aliphatic carbocycles. The molecule has 1 amide bonds. The van der Waals surface area contributed by atoms with Crippen LogP contribution in [0.4, 0.5) is 5.69 Å². The van der Waals surface area contributed by atoms with Crippen LogP contribution in [0.2, 0.25) is 0 Å². The van der Waals surface area contributed by atoms with E-state index in [1.54, 1.807) is 17.6 Å². The van der Waals surface area contributed by atoms with Crippen LogP contribution in [0.15, 0.2) is 45.9 Å². The molecule has 1 aromatic carbocycles. The minimum Gasteiger partial charge on any atom is -0.320 e. The van der Waals surface area contributed by atoms with Crippen molar-refractivity contribution in [1.29, 1.82) is 0 Å². The topological polar surface area (TPSA) is 53.8 Å². The highest BCUT2D eigenvalue weighted by Gasteiger charge is 2.25. The number of nitrogens with one attached hydrogen (secondary N) is 1. The summed E-state index contributed by atoms with van der Waals surface area (Å²) in [6.07, 6.45) is 1.68. The lowest BCUT2D eigenvalue weighted by Gasteiger charge is -1.93. The molecule has 0 atom stereocenters. The summed E-state index contributed by atoms with van der Waals surface area (Å²) in [6.45, 7) is 2.02. The van der Waals surface area contributed by atoms with E-state index in [1.165, 1.54) is 0 Å². The largest absolute Gasteiger partial charge is 0.320 e. The summed E-state index contributed by atoms with van der Waals surface area (Å²) in [6, 6.07) is 9.49. The first-order valence-corrected chi connectivity index (χ1v) is 6.69. The summed E-state index contributed by atoms with van der Waals surface area (Å²) >= 11 is 1.60. The second-order valence-corrected chi connectivity index (χ2v) is 5.11. The van der Waals surface area contributed by atoms with Gasteiger partial charge in [-0.2, -0.15) is 5.10 Å². The number of amides is 1. The second-order valence-electron chi connectivity index (χ2n) is 4.16. The van der Waals surface area contributed by atoms with Crippen molar-refractivity contribution in [3.8, 4) is 0 Å². The third-order valence-corrected chi connectivity index (χ3v) is 3.83. The van der Waals surface area contributed by atoms with Gasteiger partial charge < -0.3 is 5.32 Å². The Kier molecular flexibility index (Phi) is 2.97. The van der Waals surface area contributed by atoms with Crippen LogP contribution < -0.4 is 5.32 Å². The summed E-state index contributed by atoms with van der Waals surface area (Å²) in [4.78, 5) is 12.8. The number of thiophene rings is 1. The highest BCUT2D eigenvalue weighted by Crippen LogP contribution is 2.22. The van der Waals surface area contributed by atoms with Crippen LogP contribution >= 0.6 is 11.3 Å². The van der Waals surface area contributed by atoms with Gasteiger partial charge in [0.25, 0.3) is 5.91 Å². The van der Waals surface area contributed by atoms with Crippen LogP contribution in [-0.4, -0.2) is 17.8 Å². The lowest BCUT2D eigenvalue weighted by atomic mass is 10.1. The van der Waals surface area contributed by atoms with E-state index in [-0.39, 0.29) is 5.91 Å². The predicted molar refractivity (Wildman–Crippen MR) is 78.3 cm³/mol. The van der Waals surface area contributed by atoms with Crippen molar-refractivity contribution >= 4 is 34.9 Å². The number of para-hydroxylation sites is 1. The highest BCUT2D eigenvalue weighted by molar-refractivity contribution is 7.11. The van der Waals surface area contributed by atoms with Crippen molar-refractivity contribution in [3.63, 3.8) is 0 Å². The fourth-order valence-corrected chi connectivity index (χ4v) is 2.64. The van der Waals surface area contributed by atoms with Crippen LogP contribution in [0.3, 0.4) is 0 Å². The molecule has 0 radical (unpaired) electrons. The van der Waals surface area contributed by atoms with Crippen LogP contribution in [0.1, 0.15) is 16.0 Å². The number of carbonyl (C=O) groups is 1. The quantitative estimate of drug-likeness (QED) is 0.661. The second kappa shape index (κ2) is 4.78. The van der Waals surface area contributed by atoms with Gasteiger partial charge in [-0.25, -0.2) is 0 Å². The van der Waals surface area contributed by atoms with E-state index < -0.39 is 0 Å². The van der Waals surface area contributed by atoms with Gasteiger partial charge in [0.05, 0.1) is 16.8 Å². The number of aryl methyl sites for hydroxylation is 1. The number of anilines is 1. The maximum Gasteiger partial charge on any atom is 0.276 e. The summed E-state index contributed by atoms with van der Waals surface area (Å²) in [5.41, 5.74) is 3.10. The van der Waals surface area contributed by atoms with Gasteiger partial charge in [0.1, 0.15) is 0 Å². The average molecular weight is 269 g/mol. The van der Waals surface area contributed by atoms with Crippen LogP contribution in [-0.2, 0) is 4.79 Å². The van der Waals surface area contributed by atoms with E-state index >= 15 is 0 Å². The Bertz CT molecular complexity index is 700. The zero-order valence-electron chi connectivity index (χ0n) is 10.3. The van der Waals surface area contributed by atoms with E-state index in [9.17, 15) is 4.79 Å². The molecule has 0 unspecified atom stereocenters. The molecule has 19 heavy (non-hydrogen) atoms. The molecule has 0 saturated carbocycles. The molecule has 3 rings (SSSR count). The summed E-state index contributed by atoms with van der Waals surface area (Å²) in [5, 5.41) is 12.8. The third kappa shape index (κ3) is 2.20. The van der Waals surface area contributed by atoms with Gasteiger partial charge in [-0.3, -0.25) is 4.79 Å². The van der Waals surface area contributed by atoms with Crippen molar-refractivity contribution in [3.05, 3.63) is 51.7 Å². The van der Waals surface area contributed by atoms with E-state index in [0.717, 1.165) is 21.7 Å². The van der Waals surface area contributed by atoms with Crippen LogP contribution in [0.25, 0.3) is 0 Å². The van der Waals surface area contributed by atoms with Gasteiger partial charge in [-0.05, 0) is 30.0 Å². The van der Waals surface area contributed by atoms with Crippen molar-refractivity contribution < 1.29 is 4.79 Å². The molecule has 2 heterocycles. The van der Waals surface area contributed by atoms with E-state index in [1.807, 2.05) is 42.6 Å². The number of hydrogen-bond donors (Lipinski definition) is 1. The summed E-state index contributed by atoms with van der Waals surface area (Å²) in [5.74, 6) is -0.207. The third-order valence-electron chi connectivity index (χ3n) is 2.88. The first-order valence-electron chi connectivity index (χ1n) is 5.81. The van der Waals surface area contributed by atoms with Crippen LogP contribution in [0.5, 0.6) is 0 Å². The minimum absolute atomic E-state index is 0.207. The number of rotatable bonds is 2. The lowest BCUT2D eigenvalue weighted by Crippen LogP contribution is -2.13. The van der Waals surface area contributed by atoms with Crippen LogP contribution in [0, 0.1) is 6.92 Å². The van der Waals surface area contributed by atoms with E-state index in [2.05, 4.69) is 15.5 Å². The molecule has 1 aromatic heterocycles. The average Bonchev–Trinajstić information content (AvgIpc) is 2.94.